The number of Topliss-reactive ketones (excluding diaryl/α,β-unsaturated/α-hetero) is 1. The molecule has 3 atom stereocenters. The number of aliphatic hydroxyl groups excluding tert-OH is 1. The number of aliphatic hydroxyl groups is 1. The summed E-state index contributed by atoms with van der Waals surface area (Å²) in [4.78, 5) is 66.6. The number of carbonyl (C=O) groups is 3. The molecule has 2 aliphatic heterocycles. The number of H-pyrrole nitrogens is 1. The number of nitrogens with zero attached hydrogens (tertiary/aromatic N) is 3. The lowest BCUT2D eigenvalue weighted by molar-refractivity contribution is -0.141. The van der Waals surface area contributed by atoms with Gasteiger partial charge in [0, 0.05) is 93.0 Å². The highest BCUT2D eigenvalue weighted by Crippen LogP contribution is 2.36. The van der Waals surface area contributed by atoms with Crippen LogP contribution in [-0.4, -0.2) is 121 Å². The molecule has 3 aromatic carbocycles. The van der Waals surface area contributed by atoms with Gasteiger partial charge in [0.1, 0.15) is 18.4 Å². The molecule has 2 saturated heterocycles. The Kier molecular flexibility index (Phi) is 20.2. The highest BCUT2D eigenvalue weighted by molar-refractivity contribution is 7.13. The fraction of sp³-hybridized carbons (Fsp3) is 0.483. The number of likely N-dealkylation sites (tertiary alicyclic amines) is 1. The van der Waals surface area contributed by atoms with Crippen LogP contribution in [0.5, 0.6) is 5.75 Å². The van der Waals surface area contributed by atoms with Crippen molar-refractivity contribution in [3.8, 4) is 27.3 Å². The van der Waals surface area contributed by atoms with Crippen molar-refractivity contribution in [3.05, 3.63) is 134 Å². The van der Waals surface area contributed by atoms with E-state index in [2.05, 4.69) is 69.3 Å². The normalized spacial score (nSPS) is 16.4. The van der Waals surface area contributed by atoms with Crippen LogP contribution in [0.2, 0.25) is 0 Å². The Bertz CT molecular complexity index is 2830. The van der Waals surface area contributed by atoms with Crippen molar-refractivity contribution in [2.24, 2.45) is 5.41 Å². The minimum absolute atomic E-state index is 0.00296. The van der Waals surface area contributed by atoms with Gasteiger partial charge in [0.15, 0.2) is 5.78 Å². The van der Waals surface area contributed by atoms with Crippen LogP contribution >= 0.6 is 11.3 Å². The first-order valence-electron chi connectivity index (χ1n) is 26.7. The molecule has 5 aromatic rings. The number of ether oxygens (including phenoxy) is 4. The van der Waals surface area contributed by atoms with Crippen LogP contribution in [0.25, 0.3) is 21.6 Å². The predicted molar refractivity (Wildman–Crippen MR) is 300 cm³/mol. The highest BCUT2D eigenvalue weighted by atomic mass is 32.1. The topological polar surface area (TPSA) is 185 Å². The smallest absolute Gasteiger partial charge is 0.251 e. The van der Waals surface area contributed by atoms with Gasteiger partial charge in [0.05, 0.1) is 48.0 Å². The number of β-amino-alcohol motifs (C(OH)–C–C–N with tert-alkyl or cyclic N) is 1. The van der Waals surface area contributed by atoms with Gasteiger partial charge in [-0.3, -0.25) is 19.2 Å². The summed E-state index contributed by atoms with van der Waals surface area (Å²) in [5.74, 6) is 0.00563. The van der Waals surface area contributed by atoms with Gasteiger partial charge in [-0.2, -0.15) is 0 Å². The van der Waals surface area contributed by atoms with E-state index in [1.165, 1.54) is 0 Å². The first kappa shape index (κ1) is 57.5. The van der Waals surface area contributed by atoms with Gasteiger partial charge < -0.3 is 49.5 Å². The number of nitrogens with one attached hydrogen (secondary N) is 3. The fourth-order valence-electron chi connectivity index (χ4n) is 10.2. The average molecular weight is 1060 g/mol. The Morgan fingerprint density at radius 2 is 1.66 bits per heavy atom. The number of aromatic nitrogens is 2. The van der Waals surface area contributed by atoms with Crippen molar-refractivity contribution in [1.29, 1.82) is 0 Å². The third kappa shape index (κ3) is 15.1. The van der Waals surface area contributed by atoms with Crippen molar-refractivity contribution in [2.75, 3.05) is 64.2 Å². The minimum Gasteiger partial charge on any atom is -0.494 e. The van der Waals surface area contributed by atoms with Gasteiger partial charge in [-0.05, 0) is 123 Å². The summed E-state index contributed by atoms with van der Waals surface area (Å²) >= 11 is 1.61. The number of thiazole rings is 1. The van der Waals surface area contributed by atoms with Crippen molar-refractivity contribution in [3.63, 3.8) is 0 Å². The van der Waals surface area contributed by atoms with E-state index in [-0.39, 0.29) is 50.0 Å². The maximum Gasteiger partial charge on any atom is 0.251 e. The molecule has 16 heteroatoms. The van der Waals surface area contributed by atoms with Gasteiger partial charge >= 0.3 is 0 Å². The molecular weight excluding hydrogens is 981 g/mol. The second-order valence-corrected chi connectivity index (χ2v) is 22.0. The third-order valence-corrected chi connectivity index (χ3v) is 15.4. The average Bonchev–Trinajstić information content (AvgIpc) is 4.02. The minimum atomic E-state index is -0.864. The van der Waals surface area contributed by atoms with Crippen LogP contribution in [-0.2, 0) is 36.8 Å². The zero-order valence-electron chi connectivity index (χ0n) is 45.7. The van der Waals surface area contributed by atoms with Gasteiger partial charge in [-0.15, -0.1) is 11.3 Å². The van der Waals surface area contributed by atoms with Crippen LogP contribution in [0, 0.1) is 33.1 Å². The summed E-state index contributed by atoms with van der Waals surface area (Å²) in [5.41, 5.74) is 11.7. The number of aryl methyl sites for hydroxylation is 3. The molecule has 4 N–H and O–H groups in total. The van der Waals surface area contributed by atoms with E-state index in [0.29, 0.717) is 80.9 Å². The third-order valence-electron chi connectivity index (χ3n) is 14.4. The number of amides is 2. The summed E-state index contributed by atoms with van der Waals surface area (Å²) in [6.45, 7) is 23.8. The van der Waals surface area contributed by atoms with Crippen molar-refractivity contribution in [1.82, 2.24) is 25.5 Å². The number of pyridine rings is 1. The van der Waals surface area contributed by atoms with Crippen LogP contribution < -0.4 is 25.8 Å². The van der Waals surface area contributed by atoms with Crippen LogP contribution in [0.4, 0.5) is 5.69 Å². The molecule has 0 saturated carbocycles. The summed E-state index contributed by atoms with van der Waals surface area (Å²) in [7, 11) is 0. The lowest BCUT2D eigenvalue weighted by Gasteiger charge is -2.37. The first-order valence-corrected chi connectivity index (χ1v) is 27.6. The molecule has 0 spiro atoms. The van der Waals surface area contributed by atoms with Gasteiger partial charge in [0.25, 0.3) is 5.56 Å². The maximum atomic E-state index is 14.1. The van der Waals surface area contributed by atoms with E-state index in [1.54, 1.807) is 16.2 Å². The second kappa shape index (κ2) is 26.7. The molecule has 2 aromatic heterocycles. The monoisotopic (exact) mass is 1060 g/mol. The van der Waals surface area contributed by atoms with Crippen LogP contribution in [0.1, 0.15) is 104 Å². The number of hydrogen-bond acceptors (Lipinski definition) is 13. The van der Waals surface area contributed by atoms with Crippen LogP contribution in [0.3, 0.4) is 0 Å². The molecule has 15 nitrogen and oxygen atoms in total. The molecule has 2 fully saturated rings. The van der Waals surface area contributed by atoms with E-state index >= 15 is 0 Å². The molecule has 0 aliphatic carbocycles. The molecule has 76 heavy (non-hydrogen) atoms. The van der Waals surface area contributed by atoms with E-state index in [0.717, 1.165) is 74.7 Å². The molecule has 4 heterocycles. The molecule has 7 rings (SSSR count). The second-order valence-electron chi connectivity index (χ2n) is 21.2. The zero-order valence-corrected chi connectivity index (χ0v) is 46.5. The van der Waals surface area contributed by atoms with Crippen molar-refractivity contribution in [2.45, 2.75) is 125 Å². The maximum absolute atomic E-state index is 14.1. The van der Waals surface area contributed by atoms with Gasteiger partial charge in [-0.25, -0.2) is 4.98 Å². The van der Waals surface area contributed by atoms with E-state index in [9.17, 15) is 24.3 Å². The molecule has 0 unspecified atom stereocenters. The Hall–Kier alpha value is -6.17. The van der Waals surface area contributed by atoms with Gasteiger partial charge in [0.2, 0.25) is 11.8 Å². The predicted octanol–water partition coefficient (Wildman–Crippen LogP) is 8.82. The zero-order chi connectivity index (χ0) is 54.5. The number of benzene rings is 3. The summed E-state index contributed by atoms with van der Waals surface area (Å²) < 4.78 is 23.2. The standard InChI is InChI=1S/C60H78N6O9S/c1-10-65(47-22-26-73-27-23-47)52-32-46(31-51(40(52)4)54(68)21-20-50-38(2)30-39(3)63-58(50)70)44-16-18-49(19-17-44)75-25-11-24-72-28-29-74-36-55(69)64-57(60(7,8)9)59(71)66-35-48(67)33-53(66)41(5)61-34-43-12-14-45(15-13-43)56-42(6)62-37-76-56/h12-19,30-32,37,47-48,53,57,61,67H,5,10-11,20-29,33-36H2,1-4,6-9H3,(H,63,70)(H,64,69)/t48-,53+,57-/m1/s1. The number of anilines is 1. The van der Waals surface area contributed by atoms with E-state index < -0.39 is 29.5 Å². The largest absolute Gasteiger partial charge is 0.494 e. The molecule has 0 radical (unpaired) electrons. The Morgan fingerprint density at radius 1 is 0.947 bits per heavy atom. The number of aromatic amines is 1. The fourth-order valence-corrected chi connectivity index (χ4v) is 11.0. The molecule has 2 aliphatic rings. The molecular formula is C60H78N6O9S. The number of carbonyl (C=O) groups excluding carboxylic acids is 3. The molecule has 2 amide bonds. The summed E-state index contributed by atoms with van der Waals surface area (Å²) in [6, 6.07) is 21.3. The Morgan fingerprint density at radius 3 is 2.33 bits per heavy atom. The highest BCUT2D eigenvalue weighted by Gasteiger charge is 2.43. The molecule has 0 bridgehead atoms. The van der Waals surface area contributed by atoms with Crippen molar-refractivity contribution >= 4 is 34.6 Å². The number of hydrogen-bond donors (Lipinski definition) is 4. The lowest BCUT2D eigenvalue weighted by atomic mass is 9.85. The number of ketones is 1. The van der Waals surface area contributed by atoms with E-state index in [1.807, 2.05) is 90.4 Å². The lowest BCUT2D eigenvalue weighted by Crippen LogP contribution is -2.57. The summed E-state index contributed by atoms with van der Waals surface area (Å²) in [5, 5.41) is 17.0. The Balaban J connectivity index is 0.849. The SMILES string of the molecule is C=C(NCc1ccc(-c2scnc2C)cc1)[C@@H]1C[C@@H](O)CN1C(=O)[C@@H](NC(=O)COCCOCCCOc1ccc(-c2cc(C(=O)CCc3c(C)cc(C)[nH]c3=O)c(C)c(N(CC)C3CCOCC3)c2)cc1)C(C)(C)C. The summed E-state index contributed by atoms with van der Waals surface area (Å²) in [6.07, 6.45) is 2.67. The quantitative estimate of drug-likeness (QED) is 0.0322. The Labute approximate surface area is 452 Å². The van der Waals surface area contributed by atoms with Crippen LogP contribution in [0.15, 0.2) is 89.3 Å². The van der Waals surface area contributed by atoms with E-state index in [4.69, 9.17) is 18.9 Å². The van der Waals surface area contributed by atoms with Crippen molar-refractivity contribution < 1.29 is 38.4 Å². The first-order chi connectivity index (χ1) is 36.4. The molecule has 408 valence electrons. The number of rotatable bonds is 25. The van der Waals surface area contributed by atoms with Gasteiger partial charge in [-0.1, -0.05) is 63.7 Å².